The van der Waals surface area contributed by atoms with Gasteiger partial charge in [-0.05, 0) is 25.3 Å². The Balaban J connectivity index is 0.000000861. The highest BCUT2D eigenvalue weighted by Crippen LogP contribution is 2.36. The largest absolute Gasteiger partial charge is 0.380 e. The standard InChI is InChI=1S/C14H18O2S.CH4/c1-12(15)14(8-5-9-16-11-14)17-10-13-6-3-2-4-7-13;/h2-4,6-7H,5,8-11H2,1H3;1H4/i;1T. The SMILES string of the molecule is CC(=O)C1(SCc2ccccc2)CCCOC1.[3H]C. The molecule has 18 heavy (non-hydrogen) atoms. The predicted molar refractivity (Wildman–Crippen MR) is 77.9 cm³/mol. The number of ketones is 1. The van der Waals surface area contributed by atoms with Crippen LogP contribution in [0, 0.1) is 0 Å². The number of carbonyl (C=O) groups excluding carboxylic acids is 1. The van der Waals surface area contributed by atoms with E-state index in [-0.39, 0.29) is 10.5 Å². The fourth-order valence-corrected chi connectivity index (χ4v) is 3.35. The smallest absolute Gasteiger partial charge is 0.148 e. The maximum absolute atomic E-state index is 11.8. The van der Waals surface area contributed by atoms with Crippen LogP contribution in [-0.4, -0.2) is 23.7 Å². The third-order valence-electron chi connectivity index (χ3n) is 3.20. The van der Waals surface area contributed by atoms with Crippen molar-refractivity contribution in [3.8, 4) is 0 Å². The van der Waals surface area contributed by atoms with Crippen molar-refractivity contribution >= 4 is 17.5 Å². The molecule has 1 aliphatic rings. The zero-order valence-electron chi connectivity index (χ0n) is 12.1. The molecule has 0 amide bonds. The maximum atomic E-state index is 11.8. The summed E-state index contributed by atoms with van der Waals surface area (Å²) in [5.41, 5.74) is 1.27. The predicted octanol–water partition coefficient (Wildman–Crippen LogP) is 3.69. The molecule has 1 aromatic rings. The van der Waals surface area contributed by atoms with E-state index in [1.165, 1.54) is 13.0 Å². The molecule has 2 rings (SSSR count). The summed E-state index contributed by atoms with van der Waals surface area (Å²) >= 11 is 1.73. The first-order valence-corrected chi connectivity index (χ1v) is 6.98. The van der Waals surface area contributed by atoms with Crippen molar-refractivity contribution in [2.24, 2.45) is 0 Å². The lowest BCUT2D eigenvalue weighted by molar-refractivity contribution is -0.122. The second-order valence-corrected chi connectivity index (χ2v) is 5.84. The van der Waals surface area contributed by atoms with E-state index in [0.717, 1.165) is 25.2 Å². The molecule has 1 heterocycles. The summed E-state index contributed by atoms with van der Waals surface area (Å²) in [6.07, 6.45) is 1.93. The molecule has 2 nitrogen and oxygen atoms in total. The molecule has 100 valence electrons. The first-order chi connectivity index (χ1) is 9.23. The van der Waals surface area contributed by atoms with E-state index >= 15 is 0 Å². The highest BCUT2D eigenvalue weighted by Gasteiger charge is 2.38. The number of thioether (sulfide) groups is 1. The van der Waals surface area contributed by atoms with E-state index in [4.69, 9.17) is 6.11 Å². The molecule has 0 aliphatic carbocycles. The molecule has 0 aromatic heterocycles. The molecule has 3 heteroatoms. The number of hydrogen-bond acceptors (Lipinski definition) is 3. The van der Waals surface area contributed by atoms with Crippen molar-refractivity contribution in [1.82, 2.24) is 0 Å². The highest BCUT2D eigenvalue weighted by molar-refractivity contribution is 8.00. The molecule has 1 aromatic carbocycles. The Morgan fingerprint density at radius 2 is 2.22 bits per heavy atom. The van der Waals surface area contributed by atoms with Gasteiger partial charge in [0.25, 0.3) is 0 Å². The fraction of sp³-hybridized carbons (Fsp3) is 0.533. The number of hydrogen-bond donors (Lipinski definition) is 0. The van der Waals surface area contributed by atoms with E-state index in [2.05, 4.69) is 12.1 Å². The monoisotopic (exact) mass is 268 g/mol. The highest BCUT2D eigenvalue weighted by atomic mass is 32.2. The third-order valence-corrected chi connectivity index (χ3v) is 4.84. The van der Waals surface area contributed by atoms with Crippen LogP contribution in [-0.2, 0) is 15.3 Å². The minimum atomic E-state index is -0.311. The zero-order valence-corrected chi connectivity index (χ0v) is 12.0. The van der Waals surface area contributed by atoms with Crippen LogP contribution in [0.3, 0.4) is 0 Å². The molecule has 1 fully saturated rings. The van der Waals surface area contributed by atoms with Crippen molar-refractivity contribution in [2.45, 2.75) is 37.7 Å². The topological polar surface area (TPSA) is 26.3 Å². The van der Waals surface area contributed by atoms with Crippen LogP contribution in [0.5, 0.6) is 0 Å². The Labute approximate surface area is 116 Å². The summed E-state index contributed by atoms with van der Waals surface area (Å²) in [5.74, 6) is 1.13. The number of ether oxygens (including phenoxy) is 1. The molecular weight excluding hydrogens is 244 g/mol. The van der Waals surface area contributed by atoms with Crippen molar-refractivity contribution in [3.05, 3.63) is 35.9 Å². The molecule has 0 bridgehead atoms. The third kappa shape index (κ3) is 3.59. The number of benzene rings is 1. The van der Waals surface area contributed by atoms with Crippen LogP contribution in [0.4, 0.5) is 0 Å². The van der Waals surface area contributed by atoms with Gasteiger partial charge in [0.15, 0.2) is 0 Å². The Morgan fingerprint density at radius 3 is 2.78 bits per heavy atom. The second kappa shape index (κ2) is 6.95. The molecular formula is C15H22O2S. The second-order valence-electron chi connectivity index (χ2n) is 4.48. The molecule has 1 aliphatic heterocycles. The summed E-state index contributed by atoms with van der Waals surface area (Å²) < 4.78 is 10.9. The van der Waals surface area contributed by atoms with E-state index in [9.17, 15) is 4.79 Å². The van der Waals surface area contributed by atoms with Gasteiger partial charge in [0.1, 0.15) is 5.78 Å². The van der Waals surface area contributed by atoms with Crippen molar-refractivity contribution < 1.29 is 10.9 Å². The van der Waals surface area contributed by atoms with Gasteiger partial charge in [-0.15, -0.1) is 11.8 Å². The van der Waals surface area contributed by atoms with Crippen LogP contribution in [0.1, 0.15) is 34.1 Å². The summed E-state index contributed by atoms with van der Waals surface area (Å²) in [4.78, 5) is 11.8. The minimum absolute atomic E-state index is 0.248. The van der Waals surface area contributed by atoms with Crippen LogP contribution in [0.2, 0.25) is 0 Å². The molecule has 0 N–H and O–H groups in total. The molecule has 0 saturated carbocycles. The van der Waals surface area contributed by atoms with Crippen molar-refractivity contribution in [1.29, 1.82) is 0 Å². The van der Waals surface area contributed by atoms with Gasteiger partial charge in [-0.3, -0.25) is 4.79 Å². The summed E-state index contributed by atoms with van der Waals surface area (Å²) in [6, 6.07) is 10.3. The van der Waals surface area contributed by atoms with Gasteiger partial charge in [-0.2, -0.15) is 0 Å². The number of Topliss-reactive ketones (excluding diaryl/α,β-unsaturated/α-hetero) is 1. The van der Waals surface area contributed by atoms with E-state index in [1.807, 2.05) is 18.2 Å². The van der Waals surface area contributed by atoms with Crippen LogP contribution in [0.15, 0.2) is 30.3 Å². The van der Waals surface area contributed by atoms with Crippen LogP contribution in [0.25, 0.3) is 0 Å². The molecule has 0 radical (unpaired) electrons. The zero-order chi connectivity index (χ0) is 14.1. The van der Waals surface area contributed by atoms with Gasteiger partial charge in [-0.1, -0.05) is 37.7 Å². The summed E-state index contributed by atoms with van der Waals surface area (Å²) in [6.45, 7) is 3.05. The van der Waals surface area contributed by atoms with Gasteiger partial charge >= 0.3 is 0 Å². The van der Waals surface area contributed by atoms with Crippen molar-refractivity contribution in [2.75, 3.05) is 13.2 Å². The fourth-order valence-electron chi connectivity index (χ4n) is 2.06. The lowest BCUT2D eigenvalue weighted by atomic mass is 9.97. The Hall–Kier alpha value is -0.800. The van der Waals surface area contributed by atoms with Gasteiger partial charge < -0.3 is 4.74 Å². The average molecular weight is 268 g/mol. The van der Waals surface area contributed by atoms with E-state index in [1.54, 1.807) is 18.7 Å². The van der Waals surface area contributed by atoms with Crippen LogP contribution >= 0.6 is 11.8 Å². The van der Waals surface area contributed by atoms with Gasteiger partial charge in [0.2, 0.25) is 0 Å². The van der Waals surface area contributed by atoms with Gasteiger partial charge in [0.05, 0.1) is 11.4 Å². The number of rotatable bonds is 4. The van der Waals surface area contributed by atoms with E-state index in [0.29, 0.717) is 6.61 Å². The number of carbonyl (C=O) groups is 1. The van der Waals surface area contributed by atoms with Gasteiger partial charge in [-0.25, -0.2) is 0 Å². The maximum Gasteiger partial charge on any atom is 0.148 e. The average Bonchev–Trinajstić information content (AvgIpc) is 2.49. The lowest BCUT2D eigenvalue weighted by Gasteiger charge is -2.34. The normalized spacial score (nSPS) is 23.6. The van der Waals surface area contributed by atoms with Crippen molar-refractivity contribution in [3.63, 3.8) is 0 Å². The lowest BCUT2D eigenvalue weighted by Crippen LogP contribution is -2.42. The van der Waals surface area contributed by atoms with Gasteiger partial charge in [0, 0.05) is 13.7 Å². The Bertz CT molecular complexity index is 375. The first-order valence-electron chi connectivity index (χ1n) is 7.00. The Kier molecular flexibility index (Phi) is 5.26. The minimum Gasteiger partial charge on any atom is -0.380 e. The summed E-state index contributed by atoms with van der Waals surface area (Å²) in [7, 11) is 1.25. The van der Waals surface area contributed by atoms with E-state index < -0.39 is 0 Å². The quantitative estimate of drug-likeness (QED) is 0.833. The molecule has 0 spiro atoms. The molecule has 1 unspecified atom stereocenters. The first kappa shape index (κ1) is 13.6. The molecule has 1 atom stereocenters. The summed E-state index contributed by atoms with van der Waals surface area (Å²) in [5, 5.41) is 0. The molecule has 1 saturated heterocycles. The Morgan fingerprint density at radius 1 is 1.50 bits per heavy atom. The van der Waals surface area contributed by atoms with Crippen LogP contribution < -0.4 is 0 Å².